The number of para-hydroxylation sites is 1. The Balaban J connectivity index is 2.12. The standard InChI is InChI=1S/C20H15ClN4O2S/c1-12(23)16(10-22)18(26)11-28-20-24-17-8-3-2-7-15(17)19(27)25(20)14-6-4-5-13(21)9-14/h2-9H,11,23H2,1H3/b16-12+. The Morgan fingerprint density at radius 3 is 2.71 bits per heavy atom. The van der Waals surface area contributed by atoms with Gasteiger partial charge in [0.2, 0.25) is 0 Å². The fourth-order valence-electron chi connectivity index (χ4n) is 2.62. The summed E-state index contributed by atoms with van der Waals surface area (Å²) in [6, 6.07) is 15.6. The second kappa shape index (κ2) is 8.30. The average molecular weight is 411 g/mol. The van der Waals surface area contributed by atoms with Crippen LogP contribution in [0.2, 0.25) is 5.02 Å². The van der Waals surface area contributed by atoms with Crippen molar-refractivity contribution in [3.05, 3.63) is 75.2 Å². The highest BCUT2D eigenvalue weighted by atomic mass is 35.5. The summed E-state index contributed by atoms with van der Waals surface area (Å²) < 4.78 is 1.41. The normalized spacial score (nSPS) is 11.8. The molecule has 0 unspecified atom stereocenters. The van der Waals surface area contributed by atoms with Gasteiger partial charge in [-0.3, -0.25) is 14.2 Å². The van der Waals surface area contributed by atoms with E-state index >= 15 is 0 Å². The van der Waals surface area contributed by atoms with Crippen LogP contribution in [0.5, 0.6) is 0 Å². The second-order valence-electron chi connectivity index (χ2n) is 5.91. The fraction of sp³-hybridized carbons (Fsp3) is 0.100. The molecule has 0 bridgehead atoms. The van der Waals surface area contributed by atoms with Gasteiger partial charge >= 0.3 is 0 Å². The molecule has 0 amide bonds. The maximum Gasteiger partial charge on any atom is 0.266 e. The van der Waals surface area contributed by atoms with Crippen LogP contribution in [0.3, 0.4) is 0 Å². The molecule has 0 aliphatic rings. The lowest BCUT2D eigenvalue weighted by atomic mass is 10.2. The van der Waals surface area contributed by atoms with Gasteiger partial charge in [-0.2, -0.15) is 5.26 Å². The number of rotatable bonds is 5. The van der Waals surface area contributed by atoms with Crippen molar-refractivity contribution in [3.63, 3.8) is 0 Å². The van der Waals surface area contributed by atoms with E-state index in [-0.39, 0.29) is 22.6 Å². The van der Waals surface area contributed by atoms with Crippen molar-refractivity contribution in [1.82, 2.24) is 9.55 Å². The number of benzene rings is 2. The van der Waals surface area contributed by atoms with Gasteiger partial charge in [-0.25, -0.2) is 4.98 Å². The number of allylic oxidation sites excluding steroid dienone is 2. The van der Waals surface area contributed by atoms with E-state index in [1.165, 1.54) is 11.5 Å². The van der Waals surface area contributed by atoms with E-state index in [1.54, 1.807) is 48.5 Å². The Labute approximate surface area is 170 Å². The summed E-state index contributed by atoms with van der Waals surface area (Å²) in [4.78, 5) is 30.0. The molecule has 0 atom stereocenters. The highest BCUT2D eigenvalue weighted by Crippen LogP contribution is 2.23. The summed E-state index contributed by atoms with van der Waals surface area (Å²) in [6.07, 6.45) is 0. The number of nitrogens with two attached hydrogens (primary N) is 1. The first-order valence-corrected chi connectivity index (χ1v) is 9.59. The summed E-state index contributed by atoms with van der Waals surface area (Å²) in [5.74, 6) is -0.504. The number of hydrogen-bond donors (Lipinski definition) is 1. The number of ketones is 1. The molecule has 1 heterocycles. The zero-order valence-corrected chi connectivity index (χ0v) is 16.4. The molecule has 8 heteroatoms. The van der Waals surface area contributed by atoms with Crippen LogP contribution in [-0.2, 0) is 4.79 Å². The van der Waals surface area contributed by atoms with Crippen LogP contribution in [0.25, 0.3) is 16.6 Å². The predicted molar refractivity (Wildman–Crippen MR) is 111 cm³/mol. The summed E-state index contributed by atoms with van der Waals surface area (Å²) in [5, 5.41) is 10.4. The largest absolute Gasteiger partial charge is 0.401 e. The molecular formula is C20H15ClN4O2S. The molecule has 3 rings (SSSR count). The minimum atomic E-state index is -0.424. The SMILES string of the molecule is C/C(N)=C(/C#N)C(=O)CSc1nc2ccccc2c(=O)n1-c1cccc(Cl)c1. The summed E-state index contributed by atoms with van der Waals surface area (Å²) >= 11 is 7.15. The third-order valence-electron chi connectivity index (χ3n) is 3.93. The molecular weight excluding hydrogens is 396 g/mol. The number of fused-ring (bicyclic) bond motifs is 1. The molecule has 140 valence electrons. The lowest BCUT2D eigenvalue weighted by Gasteiger charge is -2.13. The third kappa shape index (κ3) is 3.93. The van der Waals surface area contributed by atoms with E-state index in [4.69, 9.17) is 22.6 Å². The van der Waals surface area contributed by atoms with Crippen LogP contribution >= 0.6 is 23.4 Å². The van der Waals surface area contributed by atoms with Crippen LogP contribution in [0, 0.1) is 11.3 Å². The Kier molecular flexibility index (Phi) is 5.83. The minimum Gasteiger partial charge on any atom is -0.401 e. The van der Waals surface area contributed by atoms with E-state index in [0.717, 1.165) is 11.8 Å². The molecule has 0 aliphatic carbocycles. The molecule has 6 nitrogen and oxygen atoms in total. The number of hydrogen-bond acceptors (Lipinski definition) is 6. The molecule has 28 heavy (non-hydrogen) atoms. The van der Waals surface area contributed by atoms with Crippen molar-refractivity contribution in [3.8, 4) is 11.8 Å². The number of aromatic nitrogens is 2. The van der Waals surface area contributed by atoms with Gasteiger partial charge in [0.05, 0.1) is 22.3 Å². The fourth-order valence-corrected chi connectivity index (χ4v) is 3.69. The summed E-state index contributed by atoms with van der Waals surface area (Å²) in [7, 11) is 0. The number of carbonyl (C=O) groups is 1. The first-order valence-electron chi connectivity index (χ1n) is 8.22. The third-order valence-corrected chi connectivity index (χ3v) is 5.10. The Hall–Kier alpha value is -3.08. The smallest absolute Gasteiger partial charge is 0.266 e. The first kappa shape index (κ1) is 19.7. The predicted octanol–water partition coefficient (Wildman–Crippen LogP) is 3.46. The molecule has 3 aromatic rings. The number of carbonyl (C=O) groups excluding carboxylic acids is 1. The van der Waals surface area contributed by atoms with Gasteiger partial charge in [0, 0.05) is 10.7 Å². The minimum absolute atomic E-state index is 0.0806. The number of thioether (sulfide) groups is 1. The molecule has 2 aromatic carbocycles. The van der Waals surface area contributed by atoms with Crippen LogP contribution in [0.1, 0.15) is 6.92 Å². The number of halogens is 1. The van der Waals surface area contributed by atoms with Crippen LogP contribution < -0.4 is 11.3 Å². The Morgan fingerprint density at radius 1 is 1.29 bits per heavy atom. The molecule has 2 N–H and O–H groups in total. The van der Waals surface area contributed by atoms with E-state index in [2.05, 4.69) is 4.98 Å². The Morgan fingerprint density at radius 2 is 2.04 bits per heavy atom. The molecule has 0 saturated carbocycles. The van der Waals surface area contributed by atoms with Crippen LogP contribution in [0.4, 0.5) is 0 Å². The Bertz CT molecular complexity index is 1210. The van der Waals surface area contributed by atoms with Gasteiger partial charge in [-0.15, -0.1) is 0 Å². The molecule has 0 spiro atoms. The van der Waals surface area contributed by atoms with Crippen molar-refractivity contribution >= 4 is 40.0 Å². The average Bonchev–Trinajstić information content (AvgIpc) is 2.66. The topological polar surface area (TPSA) is 102 Å². The maximum absolute atomic E-state index is 13.1. The van der Waals surface area contributed by atoms with Crippen molar-refractivity contribution in [2.75, 3.05) is 5.75 Å². The highest BCUT2D eigenvalue weighted by molar-refractivity contribution is 7.99. The van der Waals surface area contributed by atoms with Gasteiger partial charge in [0.25, 0.3) is 5.56 Å². The highest BCUT2D eigenvalue weighted by Gasteiger charge is 2.17. The maximum atomic E-state index is 13.1. The van der Waals surface area contributed by atoms with E-state index < -0.39 is 5.78 Å². The van der Waals surface area contributed by atoms with Crippen LogP contribution in [-0.4, -0.2) is 21.1 Å². The van der Waals surface area contributed by atoms with Gasteiger partial charge in [0.1, 0.15) is 11.6 Å². The van der Waals surface area contributed by atoms with Crippen molar-refractivity contribution in [2.45, 2.75) is 12.1 Å². The van der Waals surface area contributed by atoms with Crippen molar-refractivity contribution in [2.24, 2.45) is 5.73 Å². The van der Waals surface area contributed by atoms with Crippen molar-refractivity contribution < 1.29 is 4.79 Å². The number of Topliss-reactive ketones (excluding diaryl/α,β-unsaturated/α-hetero) is 1. The van der Waals surface area contributed by atoms with E-state index in [0.29, 0.717) is 26.8 Å². The first-order chi connectivity index (χ1) is 13.4. The number of nitrogens with zero attached hydrogens (tertiary/aromatic N) is 3. The summed E-state index contributed by atoms with van der Waals surface area (Å²) in [6.45, 7) is 1.50. The zero-order valence-electron chi connectivity index (χ0n) is 14.8. The zero-order chi connectivity index (χ0) is 20.3. The number of nitriles is 1. The molecule has 0 fully saturated rings. The van der Waals surface area contributed by atoms with Gasteiger partial charge in [-0.1, -0.05) is 41.6 Å². The van der Waals surface area contributed by atoms with E-state index in [9.17, 15) is 9.59 Å². The van der Waals surface area contributed by atoms with Gasteiger partial charge in [0.15, 0.2) is 10.9 Å². The van der Waals surface area contributed by atoms with E-state index in [1.807, 2.05) is 6.07 Å². The van der Waals surface area contributed by atoms with Gasteiger partial charge in [-0.05, 0) is 37.3 Å². The lowest BCUT2D eigenvalue weighted by Crippen LogP contribution is -2.22. The molecule has 1 aromatic heterocycles. The summed E-state index contributed by atoms with van der Waals surface area (Å²) in [5.41, 5.74) is 6.45. The van der Waals surface area contributed by atoms with Crippen LogP contribution in [0.15, 0.2) is 69.8 Å². The monoisotopic (exact) mass is 410 g/mol. The molecule has 0 aliphatic heterocycles. The lowest BCUT2D eigenvalue weighted by molar-refractivity contribution is -0.112. The second-order valence-corrected chi connectivity index (χ2v) is 7.29. The molecule has 0 saturated heterocycles. The van der Waals surface area contributed by atoms with Gasteiger partial charge < -0.3 is 5.73 Å². The quantitative estimate of drug-likeness (QED) is 0.299. The van der Waals surface area contributed by atoms with Crippen molar-refractivity contribution in [1.29, 1.82) is 5.26 Å². The molecule has 0 radical (unpaired) electrons.